The average Bonchev–Trinajstić information content (AvgIpc) is 3.33. The summed E-state index contributed by atoms with van der Waals surface area (Å²) in [4.78, 5) is 35.2. The second kappa shape index (κ2) is 54.6. The molecule has 0 heterocycles. The number of hydrogen-bond donors (Lipinski definition) is 2. The van der Waals surface area contributed by atoms with Crippen LogP contribution in [-0.2, 0) is 32.7 Å². The molecule has 0 saturated heterocycles. The molecule has 0 aliphatic heterocycles. The number of allylic oxidation sites excluding steroid dienone is 6. The van der Waals surface area contributed by atoms with Crippen LogP contribution in [0.25, 0.3) is 0 Å². The fourth-order valence-electron chi connectivity index (χ4n) is 8.47. The lowest BCUT2D eigenvalue weighted by Crippen LogP contribution is -2.29. The van der Waals surface area contributed by atoms with Gasteiger partial charge in [0, 0.05) is 19.4 Å². The maximum absolute atomic E-state index is 12.7. The van der Waals surface area contributed by atoms with Gasteiger partial charge in [-0.1, -0.05) is 262 Å². The number of phosphoric ester groups is 1. The minimum atomic E-state index is -4.38. The Morgan fingerprint density at radius 2 is 0.765 bits per heavy atom. The van der Waals surface area contributed by atoms with Crippen molar-refractivity contribution < 1.29 is 37.6 Å². The van der Waals surface area contributed by atoms with E-state index in [1.165, 1.54) is 205 Å². The van der Waals surface area contributed by atoms with E-state index in [9.17, 15) is 19.0 Å². The average molecular weight is 980 g/mol. The first kappa shape index (κ1) is 66.2. The third kappa shape index (κ3) is 53.6. The van der Waals surface area contributed by atoms with E-state index in [1.807, 2.05) is 0 Å². The predicted molar refractivity (Wildman–Crippen MR) is 289 cm³/mol. The zero-order valence-electron chi connectivity index (χ0n) is 44.6. The molecule has 0 aliphatic carbocycles. The summed E-state index contributed by atoms with van der Waals surface area (Å²) >= 11 is 0. The fourth-order valence-corrected chi connectivity index (χ4v) is 9.23. The molecule has 0 saturated carbocycles. The molecule has 2 atom stereocenters. The SMILES string of the molecule is CCCCCCC/C=C\C/C=C\C/C=C\CCCCCCCCCCCCCCCCC(=O)OC(COC(=O)CCCCCCCCCCCCCCCCCCCC)COP(=O)(O)OCCN. The molecule has 0 amide bonds. The molecule has 0 rings (SSSR count). The summed E-state index contributed by atoms with van der Waals surface area (Å²) < 4.78 is 33.0. The molecule has 0 aromatic heterocycles. The van der Waals surface area contributed by atoms with Crippen molar-refractivity contribution in [2.45, 2.75) is 296 Å². The minimum absolute atomic E-state index is 0.0551. The first-order valence-electron chi connectivity index (χ1n) is 29.0. The molecular weight excluding hydrogens is 870 g/mol. The van der Waals surface area contributed by atoms with Crippen molar-refractivity contribution >= 4 is 19.8 Å². The van der Waals surface area contributed by atoms with Crippen LogP contribution in [0.2, 0.25) is 0 Å². The van der Waals surface area contributed by atoms with E-state index in [4.69, 9.17) is 24.3 Å². The molecule has 68 heavy (non-hydrogen) atoms. The lowest BCUT2D eigenvalue weighted by Gasteiger charge is -2.19. The van der Waals surface area contributed by atoms with Crippen molar-refractivity contribution in [1.29, 1.82) is 0 Å². The molecule has 0 bridgehead atoms. The Morgan fingerprint density at radius 1 is 0.441 bits per heavy atom. The fraction of sp³-hybridized carbons (Fsp3) is 0.862. The number of ether oxygens (including phenoxy) is 2. The molecule has 9 nitrogen and oxygen atoms in total. The van der Waals surface area contributed by atoms with Crippen molar-refractivity contribution in [2.24, 2.45) is 5.73 Å². The Kier molecular flexibility index (Phi) is 53.1. The summed E-state index contributed by atoms with van der Waals surface area (Å²) in [7, 11) is -4.38. The molecule has 10 heteroatoms. The van der Waals surface area contributed by atoms with Gasteiger partial charge in [-0.2, -0.15) is 0 Å². The maximum atomic E-state index is 12.7. The zero-order valence-corrected chi connectivity index (χ0v) is 45.5. The number of rotatable bonds is 55. The Morgan fingerprint density at radius 3 is 1.13 bits per heavy atom. The number of unbranched alkanes of at least 4 members (excludes halogenated alkanes) is 36. The van der Waals surface area contributed by atoms with Gasteiger partial charge in [-0.15, -0.1) is 0 Å². The minimum Gasteiger partial charge on any atom is -0.462 e. The van der Waals surface area contributed by atoms with Gasteiger partial charge < -0.3 is 20.1 Å². The van der Waals surface area contributed by atoms with Crippen molar-refractivity contribution in [3.63, 3.8) is 0 Å². The maximum Gasteiger partial charge on any atom is 0.472 e. The number of hydrogen-bond acceptors (Lipinski definition) is 8. The van der Waals surface area contributed by atoms with Crippen molar-refractivity contribution in [3.05, 3.63) is 36.5 Å². The summed E-state index contributed by atoms with van der Waals surface area (Å²) in [5, 5.41) is 0. The Labute approximate surface area is 420 Å². The Hall–Kier alpha value is -1.77. The van der Waals surface area contributed by atoms with Gasteiger partial charge in [-0.3, -0.25) is 18.6 Å². The zero-order chi connectivity index (χ0) is 49.5. The van der Waals surface area contributed by atoms with Crippen LogP contribution in [0.3, 0.4) is 0 Å². The summed E-state index contributed by atoms with van der Waals surface area (Å²) in [5.41, 5.74) is 5.38. The smallest absolute Gasteiger partial charge is 0.462 e. The van der Waals surface area contributed by atoms with Crippen LogP contribution in [0, 0.1) is 0 Å². The quantitative estimate of drug-likeness (QED) is 0.0264. The molecule has 0 radical (unpaired) electrons. The van der Waals surface area contributed by atoms with Crippen LogP contribution >= 0.6 is 7.82 Å². The second-order valence-electron chi connectivity index (χ2n) is 19.5. The Bertz CT molecular complexity index is 1210. The van der Waals surface area contributed by atoms with Gasteiger partial charge in [-0.05, 0) is 51.4 Å². The van der Waals surface area contributed by atoms with Gasteiger partial charge in [0.25, 0.3) is 0 Å². The molecule has 400 valence electrons. The lowest BCUT2D eigenvalue weighted by atomic mass is 10.0. The first-order valence-corrected chi connectivity index (χ1v) is 30.5. The summed E-state index contributed by atoms with van der Waals surface area (Å²) in [6.45, 7) is 3.78. The molecule has 0 aromatic carbocycles. The second-order valence-corrected chi connectivity index (χ2v) is 21.0. The van der Waals surface area contributed by atoms with E-state index in [1.54, 1.807) is 0 Å². The highest BCUT2D eigenvalue weighted by molar-refractivity contribution is 7.47. The number of esters is 2. The number of phosphoric acid groups is 1. The van der Waals surface area contributed by atoms with Gasteiger partial charge in [0.15, 0.2) is 6.10 Å². The monoisotopic (exact) mass is 980 g/mol. The summed E-state index contributed by atoms with van der Waals surface area (Å²) in [6.07, 6.45) is 64.8. The van der Waals surface area contributed by atoms with Crippen LogP contribution in [0.1, 0.15) is 290 Å². The summed E-state index contributed by atoms with van der Waals surface area (Å²) in [6, 6.07) is 0. The highest BCUT2D eigenvalue weighted by Gasteiger charge is 2.26. The van der Waals surface area contributed by atoms with Crippen LogP contribution < -0.4 is 5.73 Å². The predicted octanol–water partition coefficient (Wildman–Crippen LogP) is 18.0. The number of nitrogens with two attached hydrogens (primary N) is 1. The van der Waals surface area contributed by atoms with Crippen LogP contribution in [0.5, 0.6) is 0 Å². The van der Waals surface area contributed by atoms with E-state index in [0.29, 0.717) is 6.42 Å². The van der Waals surface area contributed by atoms with Gasteiger partial charge in [-0.25, -0.2) is 4.57 Å². The highest BCUT2D eigenvalue weighted by atomic mass is 31.2. The molecule has 0 aromatic rings. The molecule has 0 fully saturated rings. The first-order chi connectivity index (χ1) is 33.3. The van der Waals surface area contributed by atoms with Crippen LogP contribution in [-0.4, -0.2) is 49.3 Å². The standard InChI is InChI=1S/C58H110NO8P/c1-3-5-7-9-11-13-15-17-19-21-23-24-25-26-27-28-29-30-31-32-33-35-37-39-41-43-45-47-49-51-58(61)67-56(55-66-68(62,63)65-53-52-59)54-64-57(60)50-48-46-44-42-40-38-36-34-22-20-18-16-14-12-10-8-6-4-2/h15,17,21,23,25-26,56H,3-14,16,18-20,22,24,27-55,59H2,1-2H3,(H,62,63)/b17-15-,23-21-,26-25-. The van der Waals surface area contributed by atoms with E-state index in [2.05, 4.69) is 50.3 Å². The van der Waals surface area contributed by atoms with E-state index in [-0.39, 0.29) is 38.6 Å². The van der Waals surface area contributed by atoms with Crippen molar-refractivity contribution in [2.75, 3.05) is 26.4 Å². The lowest BCUT2D eigenvalue weighted by molar-refractivity contribution is -0.161. The number of carbonyl (C=O) groups excluding carboxylic acids is 2. The highest BCUT2D eigenvalue weighted by Crippen LogP contribution is 2.43. The van der Waals surface area contributed by atoms with Gasteiger partial charge in [0.05, 0.1) is 13.2 Å². The normalized spacial score (nSPS) is 13.3. The van der Waals surface area contributed by atoms with Gasteiger partial charge in [0.1, 0.15) is 6.61 Å². The molecule has 0 aliphatic rings. The molecule has 3 N–H and O–H groups in total. The van der Waals surface area contributed by atoms with E-state index < -0.39 is 26.5 Å². The largest absolute Gasteiger partial charge is 0.472 e. The third-order valence-corrected chi connectivity index (χ3v) is 13.8. The van der Waals surface area contributed by atoms with Crippen molar-refractivity contribution in [3.8, 4) is 0 Å². The summed E-state index contributed by atoms with van der Waals surface area (Å²) in [5.74, 6) is -0.813. The van der Waals surface area contributed by atoms with Crippen LogP contribution in [0.4, 0.5) is 0 Å². The number of carbonyl (C=O) groups is 2. The topological polar surface area (TPSA) is 134 Å². The Balaban J connectivity index is 3.93. The van der Waals surface area contributed by atoms with E-state index in [0.717, 1.165) is 51.4 Å². The molecular formula is C58H110NO8P. The van der Waals surface area contributed by atoms with E-state index >= 15 is 0 Å². The van der Waals surface area contributed by atoms with Crippen molar-refractivity contribution in [1.82, 2.24) is 0 Å². The molecule has 0 spiro atoms. The van der Waals surface area contributed by atoms with Gasteiger partial charge in [0.2, 0.25) is 0 Å². The molecule has 2 unspecified atom stereocenters. The third-order valence-electron chi connectivity index (χ3n) is 12.8. The van der Waals surface area contributed by atoms with Gasteiger partial charge >= 0.3 is 19.8 Å². The van der Waals surface area contributed by atoms with Crippen LogP contribution in [0.15, 0.2) is 36.5 Å².